The van der Waals surface area contributed by atoms with Crippen LogP contribution in [0.3, 0.4) is 0 Å². The number of benzene rings is 1. The van der Waals surface area contributed by atoms with E-state index in [1.54, 1.807) is 0 Å². The van der Waals surface area contributed by atoms with Gasteiger partial charge in [-0.05, 0) is 18.2 Å². The van der Waals surface area contributed by atoms with Crippen LogP contribution in [0.1, 0.15) is 0 Å². The Morgan fingerprint density at radius 2 is 2.47 bits per heavy atom. The first-order valence-corrected chi connectivity index (χ1v) is 5.26. The minimum absolute atomic E-state index is 0.293. The fourth-order valence-electron chi connectivity index (χ4n) is 1.41. The average molecular weight is 272 g/mol. The lowest BCUT2D eigenvalue weighted by molar-refractivity contribution is -0.142. The van der Waals surface area contributed by atoms with E-state index in [9.17, 15) is 4.79 Å². The fourth-order valence-corrected chi connectivity index (χ4v) is 1.77. The van der Waals surface area contributed by atoms with E-state index in [-0.39, 0.29) is 5.97 Å². The third-order valence-corrected chi connectivity index (χ3v) is 2.66. The molecule has 0 saturated carbocycles. The highest BCUT2D eigenvalue weighted by Crippen LogP contribution is 2.31. The van der Waals surface area contributed by atoms with Gasteiger partial charge in [-0.1, -0.05) is 15.9 Å². The molecule has 4 nitrogen and oxygen atoms in total. The van der Waals surface area contributed by atoms with Crippen LogP contribution < -0.4 is 10.1 Å². The maximum atomic E-state index is 11.3. The summed E-state index contributed by atoms with van der Waals surface area (Å²) in [6.45, 7) is 0.293. The SMILES string of the molecule is COC(=O)C1COc2ccc(Br)cc2N1. The van der Waals surface area contributed by atoms with Crippen LogP contribution in [0.15, 0.2) is 22.7 Å². The van der Waals surface area contributed by atoms with Crippen LogP contribution in [-0.4, -0.2) is 25.7 Å². The molecule has 1 atom stereocenters. The molecule has 2 rings (SSSR count). The number of rotatable bonds is 1. The molecule has 1 aromatic carbocycles. The molecule has 80 valence electrons. The summed E-state index contributed by atoms with van der Waals surface area (Å²) < 4.78 is 11.0. The van der Waals surface area contributed by atoms with Gasteiger partial charge in [-0.2, -0.15) is 0 Å². The number of esters is 1. The second-order valence-electron chi connectivity index (χ2n) is 3.17. The van der Waals surface area contributed by atoms with Crippen molar-refractivity contribution >= 4 is 27.6 Å². The molecule has 0 aromatic heterocycles. The monoisotopic (exact) mass is 271 g/mol. The average Bonchev–Trinajstić information content (AvgIpc) is 2.27. The van der Waals surface area contributed by atoms with E-state index in [0.717, 1.165) is 15.9 Å². The summed E-state index contributed by atoms with van der Waals surface area (Å²) in [5.74, 6) is 0.430. The molecule has 0 aliphatic carbocycles. The first-order chi connectivity index (χ1) is 7.20. The second kappa shape index (κ2) is 4.10. The zero-order valence-corrected chi connectivity index (χ0v) is 9.71. The lowest BCUT2D eigenvalue weighted by atomic mass is 10.2. The summed E-state index contributed by atoms with van der Waals surface area (Å²) in [7, 11) is 1.36. The molecule has 0 fully saturated rings. The maximum Gasteiger partial charge on any atom is 0.331 e. The minimum atomic E-state index is -0.434. The molecule has 1 unspecified atom stereocenters. The molecule has 1 aliphatic rings. The lowest BCUT2D eigenvalue weighted by Gasteiger charge is -2.25. The van der Waals surface area contributed by atoms with Crippen LogP contribution >= 0.6 is 15.9 Å². The Bertz CT molecular complexity index is 394. The van der Waals surface area contributed by atoms with E-state index in [1.807, 2.05) is 18.2 Å². The Morgan fingerprint density at radius 3 is 3.20 bits per heavy atom. The van der Waals surface area contributed by atoms with Crippen molar-refractivity contribution in [2.24, 2.45) is 0 Å². The van der Waals surface area contributed by atoms with Crippen LogP contribution in [-0.2, 0) is 9.53 Å². The number of nitrogens with one attached hydrogen (secondary N) is 1. The van der Waals surface area contributed by atoms with E-state index in [2.05, 4.69) is 26.0 Å². The van der Waals surface area contributed by atoms with Gasteiger partial charge in [0.15, 0.2) is 6.04 Å². The summed E-state index contributed by atoms with van der Waals surface area (Å²) in [6.07, 6.45) is 0. The number of carbonyl (C=O) groups is 1. The second-order valence-corrected chi connectivity index (χ2v) is 4.09. The van der Waals surface area contributed by atoms with Crippen LogP contribution in [0, 0.1) is 0 Å². The first-order valence-electron chi connectivity index (χ1n) is 4.47. The molecule has 0 amide bonds. The zero-order chi connectivity index (χ0) is 10.8. The van der Waals surface area contributed by atoms with Crippen molar-refractivity contribution in [3.8, 4) is 5.75 Å². The van der Waals surface area contributed by atoms with Crippen molar-refractivity contribution in [1.82, 2.24) is 0 Å². The highest BCUT2D eigenvalue weighted by atomic mass is 79.9. The molecule has 1 heterocycles. The highest BCUT2D eigenvalue weighted by molar-refractivity contribution is 9.10. The van der Waals surface area contributed by atoms with Gasteiger partial charge in [-0.3, -0.25) is 0 Å². The molecule has 5 heteroatoms. The Balaban J connectivity index is 2.22. The number of halogens is 1. The molecular weight excluding hydrogens is 262 g/mol. The number of fused-ring (bicyclic) bond motifs is 1. The van der Waals surface area contributed by atoms with Crippen LogP contribution in [0.5, 0.6) is 5.75 Å². The quantitative estimate of drug-likeness (QED) is 0.792. The van der Waals surface area contributed by atoms with Crippen molar-refractivity contribution in [1.29, 1.82) is 0 Å². The number of anilines is 1. The number of carbonyl (C=O) groups excluding carboxylic acids is 1. The molecule has 0 bridgehead atoms. The molecular formula is C10H10BrNO3. The van der Waals surface area contributed by atoms with Crippen molar-refractivity contribution < 1.29 is 14.3 Å². The maximum absolute atomic E-state index is 11.3. The van der Waals surface area contributed by atoms with Gasteiger partial charge < -0.3 is 14.8 Å². The normalized spacial score (nSPS) is 18.4. The number of methoxy groups -OCH3 is 1. The fraction of sp³-hybridized carbons (Fsp3) is 0.300. The van der Waals surface area contributed by atoms with Crippen molar-refractivity contribution in [2.45, 2.75) is 6.04 Å². The van der Waals surface area contributed by atoms with E-state index in [0.29, 0.717) is 6.61 Å². The van der Waals surface area contributed by atoms with Crippen molar-refractivity contribution in [3.05, 3.63) is 22.7 Å². The summed E-state index contributed by atoms with van der Waals surface area (Å²) >= 11 is 3.35. The Hall–Kier alpha value is -1.23. The van der Waals surface area contributed by atoms with Gasteiger partial charge in [0.25, 0.3) is 0 Å². The topological polar surface area (TPSA) is 47.6 Å². The third kappa shape index (κ3) is 2.07. The smallest absolute Gasteiger partial charge is 0.331 e. The number of ether oxygens (including phenoxy) is 2. The summed E-state index contributed by atoms with van der Waals surface area (Å²) in [5, 5.41) is 3.06. The molecule has 15 heavy (non-hydrogen) atoms. The van der Waals surface area contributed by atoms with Gasteiger partial charge in [0, 0.05) is 4.47 Å². The van der Waals surface area contributed by atoms with E-state index >= 15 is 0 Å². The van der Waals surface area contributed by atoms with Crippen LogP contribution in [0.2, 0.25) is 0 Å². The summed E-state index contributed by atoms with van der Waals surface area (Å²) in [6, 6.07) is 5.17. The van der Waals surface area contributed by atoms with Gasteiger partial charge in [0.05, 0.1) is 12.8 Å². The zero-order valence-electron chi connectivity index (χ0n) is 8.12. The van der Waals surface area contributed by atoms with Crippen molar-refractivity contribution in [2.75, 3.05) is 19.0 Å². The molecule has 1 aromatic rings. The van der Waals surface area contributed by atoms with Crippen LogP contribution in [0.4, 0.5) is 5.69 Å². The predicted octanol–water partition coefficient (Wildman–Crippen LogP) is 1.79. The molecule has 1 N–H and O–H groups in total. The van der Waals surface area contributed by atoms with Gasteiger partial charge in [0.2, 0.25) is 0 Å². The summed E-state index contributed by atoms with van der Waals surface area (Å²) in [4.78, 5) is 11.3. The van der Waals surface area contributed by atoms with Crippen LogP contribution in [0.25, 0.3) is 0 Å². The molecule has 0 radical (unpaired) electrons. The van der Waals surface area contributed by atoms with E-state index in [1.165, 1.54) is 7.11 Å². The number of hydrogen-bond acceptors (Lipinski definition) is 4. The highest BCUT2D eigenvalue weighted by Gasteiger charge is 2.25. The van der Waals surface area contributed by atoms with Gasteiger partial charge >= 0.3 is 5.97 Å². The Labute approximate surface area is 95.7 Å². The largest absolute Gasteiger partial charge is 0.489 e. The van der Waals surface area contributed by atoms with Crippen molar-refractivity contribution in [3.63, 3.8) is 0 Å². The third-order valence-electron chi connectivity index (χ3n) is 2.16. The van der Waals surface area contributed by atoms with E-state index in [4.69, 9.17) is 4.74 Å². The lowest BCUT2D eigenvalue weighted by Crippen LogP contribution is -2.39. The van der Waals surface area contributed by atoms with E-state index < -0.39 is 6.04 Å². The van der Waals surface area contributed by atoms with Gasteiger partial charge in [-0.25, -0.2) is 4.79 Å². The molecule has 0 spiro atoms. The Kier molecular flexibility index (Phi) is 2.81. The Morgan fingerprint density at radius 1 is 1.67 bits per heavy atom. The predicted molar refractivity (Wildman–Crippen MR) is 59.1 cm³/mol. The summed E-state index contributed by atoms with van der Waals surface area (Å²) in [5.41, 5.74) is 0.797. The standard InChI is InChI=1S/C10H10BrNO3/c1-14-10(13)8-5-15-9-3-2-6(11)4-7(9)12-8/h2-4,8,12H,5H2,1H3. The van der Waals surface area contributed by atoms with Gasteiger partial charge in [-0.15, -0.1) is 0 Å². The first kappa shape index (κ1) is 10.3. The minimum Gasteiger partial charge on any atom is -0.489 e. The van der Waals surface area contributed by atoms with Gasteiger partial charge in [0.1, 0.15) is 12.4 Å². The number of hydrogen-bond donors (Lipinski definition) is 1. The molecule has 0 saturated heterocycles. The molecule has 1 aliphatic heterocycles.